The third-order valence-electron chi connectivity index (χ3n) is 4.38. The van der Waals surface area contributed by atoms with E-state index in [0.717, 1.165) is 25.7 Å². The van der Waals surface area contributed by atoms with Crippen molar-refractivity contribution in [1.29, 1.82) is 0 Å². The second-order valence-corrected chi connectivity index (χ2v) is 7.64. The highest BCUT2D eigenvalue weighted by molar-refractivity contribution is 6.32. The fourth-order valence-corrected chi connectivity index (χ4v) is 3.16. The third-order valence-corrected chi connectivity index (χ3v) is 4.66. The molecule has 0 aromatic heterocycles. The first kappa shape index (κ1) is 21.4. The van der Waals surface area contributed by atoms with E-state index < -0.39 is 12.1 Å². The van der Waals surface area contributed by atoms with E-state index in [1.165, 1.54) is 19.2 Å². The van der Waals surface area contributed by atoms with Crippen LogP contribution < -0.4 is 14.8 Å². The molecule has 2 rings (SSSR count). The van der Waals surface area contributed by atoms with E-state index in [1.54, 1.807) is 6.92 Å². The summed E-state index contributed by atoms with van der Waals surface area (Å²) in [4.78, 5) is 24.6. The lowest BCUT2D eigenvalue weighted by atomic mass is 10.2. The molecule has 1 saturated carbocycles. The van der Waals surface area contributed by atoms with E-state index in [0.29, 0.717) is 24.0 Å². The van der Waals surface area contributed by atoms with E-state index in [9.17, 15) is 9.59 Å². The third kappa shape index (κ3) is 6.03. The summed E-state index contributed by atoms with van der Waals surface area (Å²) in [5, 5.41) is 3.17. The molecule has 7 heteroatoms. The number of ether oxygens (including phenoxy) is 3. The van der Waals surface area contributed by atoms with Crippen LogP contribution in [0.2, 0.25) is 5.02 Å². The van der Waals surface area contributed by atoms with Crippen molar-refractivity contribution >= 4 is 23.5 Å². The summed E-state index contributed by atoms with van der Waals surface area (Å²) in [6.07, 6.45) is 3.28. The minimum absolute atomic E-state index is 0.172. The van der Waals surface area contributed by atoms with E-state index in [2.05, 4.69) is 5.32 Å². The first-order valence-electron chi connectivity index (χ1n) is 9.33. The summed E-state index contributed by atoms with van der Waals surface area (Å²) < 4.78 is 16.3. The highest BCUT2D eigenvalue weighted by Crippen LogP contribution is 2.37. The molecule has 1 aliphatic carbocycles. The Kier molecular flexibility index (Phi) is 7.78. The van der Waals surface area contributed by atoms with Gasteiger partial charge in [0.1, 0.15) is 0 Å². The maximum Gasteiger partial charge on any atom is 0.339 e. The van der Waals surface area contributed by atoms with Crippen molar-refractivity contribution in [3.05, 3.63) is 22.7 Å². The number of halogens is 1. The lowest BCUT2D eigenvalue weighted by Crippen LogP contribution is -2.40. The second-order valence-electron chi connectivity index (χ2n) is 7.23. The Hall–Kier alpha value is -1.95. The number of methoxy groups -OCH3 is 1. The van der Waals surface area contributed by atoms with Crippen molar-refractivity contribution in [2.45, 2.75) is 58.6 Å². The van der Waals surface area contributed by atoms with Crippen LogP contribution in [-0.4, -0.2) is 37.7 Å². The van der Waals surface area contributed by atoms with Crippen LogP contribution >= 0.6 is 11.6 Å². The molecule has 1 fully saturated rings. The van der Waals surface area contributed by atoms with Crippen molar-refractivity contribution in [3.8, 4) is 11.5 Å². The molecule has 1 aromatic carbocycles. The van der Waals surface area contributed by atoms with E-state index in [1.807, 2.05) is 13.8 Å². The Labute approximate surface area is 165 Å². The molecule has 0 bridgehead atoms. The van der Waals surface area contributed by atoms with Crippen LogP contribution in [-0.2, 0) is 9.53 Å². The quantitative estimate of drug-likeness (QED) is 0.671. The number of amides is 1. The van der Waals surface area contributed by atoms with Gasteiger partial charge in [-0.1, -0.05) is 38.3 Å². The Morgan fingerprint density at radius 1 is 1.22 bits per heavy atom. The Balaban J connectivity index is 2.04. The first-order chi connectivity index (χ1) is 12.8. The van der Waals surface area contributed by atoms with Gasteiger partial charge in [-0.05, 0) is 37.8 Å². The summed E-state index contributed by atoms with van der Waals surface area (Å²) in [5.74, 6) is 0.120. The van der Waals surface area contributed by atoms with Crippen LogP contribution in [0.5, 0.6) is 11.5 Å². The van der Waals surface area contributed by atoms with Crippen LogP contribution in [0.4, 0.5) is 0 Å². The molecule has 150 valence electrons. The van der Waals surface area contributed by atoms with E-state index >= 15 is 0 Å². The van der Waals surface area contributed by atoms with Gasteiger partial charge in [-0.2, -0.15) is 0 Å². The fraction of sp³-hybridized carbons (Fsp3) is 0.600. The maximum absolute atomic E-state index is 12.4. The maximum atomic E-state index is 12.4. The number of carbonyl (C=O) groups is 2. The average molecular weight is 398 g/mol. The molecule has 0 aliphatic heterocycles. The monoisotopic (exact) mass is 397 g/mol. The van der Waals surface area contributed by atoms with Crippen LogP contribution in [0.3, 0.4) is 0 Å². The number of nitrogens with one attached hydrogen (secondary N) is 1. The predicted octanol–water partition coefficient (Wildman–Crippen LogP) is 3.99. The van der Waals surface area contributed by atoms with Crippen molar-refractivity contribution in [3.63, 3.8) is 0 Å². The summed E-state index contributed by atoms with van der Waals surface area (Å²) in [7, 11) is 1.47. The highest BCUT2D eigenvalue weighted by Gasteiger charge is 2.24. The fourth-order valence-electron chi connectivity index (χ4n) is 2.90. The number of rotatable bonds is 8. The molecule has 1 aliphatic rings. The molecule has 0 spiro atoms. The van der Waals surface area contributed by atoms with Gasteiger partial charge in [0.25, 0.3) is 5.91 Å². The first-order valence-corrected chi connectivity index (χ1v) is 9.71. The van der Waals surface area contributed by atoms with Crippen molar-refractivity contribution < 1.29 is 23.8 Å². The molecule has 27 heavy (non-hydrogen) atoms. The van der Waals surface area contributed by atoms with Crippen LogP contribution in [0, 0.1) is 5.92 Å². The zero-order valence-corrected chi connectivity index (χ0v) is 17.1. The lowest BCUT2D eigenvalue weighted by molar-refractivity contribution is -0.129. The molecular weight excluding hydrogens is 370 g/mol. The van der Waals surface area contributed by atoms with Gasteiger partial charge in [-0.25, -0.2) is 4.79 Å². The van der Waals surface area contributed by atoms with Gasteiger partial charge in [-0.15, -0.1) is 0 Å². The summed E-state index contributed by atoms with van der Waals surface area (Å²) in [5.41, 5.74) is 0.203. The lowest BCUT2D eigenvalue weighted by Gasteiger charge is -2.18. The van der Waals surface area contributed by atoms with Gasteiger partial charge in [0.15, 0.2) is 17.6 Å². The SMILES string of the molecule is COc1cc(C(=O)OC(C)C(=O)NC2CCCC2)cc(Cl)c1OCC(C)C. The molecule has 0 radical (unpaired) electrons. The average Bonchev–Trinajstić information content (AvgIpc) is 3.12. The summed E-state index contributed by atoms with van der Waals surface area (Å²) >= 11 is 6.26. The van der Waals surface area contributed by atoms with E-state index in [-0.39, 0.29) is 22.5 Å². The van der Waals surface area contributed by atoms with Gasteiger partial charge in [-0.3, -0.25) is 4.79 Å². The predicted molar refractivity (Wildman–Crippen MR) is 104 cm³/mol. The zero-order valence-electron chi connectivity index (χ0n) is 16.3. The van der Waals surface area contributed by atoms with Gasteiger partial charge >= 0.3 is 5.97 Å². The van der Waals surface area contributed by atoms with Crippen molar-refractivity contribution in [2.75, 3.05) is 13.7 Å². The second kappa shape index (κ2) is 9.83. The smallest absolute Gasteiger partial charge is 0.339 e. The topological polar surface area (TPSA) is 73.9 Å². The minimum atomic E-state index is -0.889. The number of esters is 1. The molecule has 1 unspecified atom stereocenters. The molecule has 0 saturated heterocycles. The standard InChI is InChI=1S/C20H28ClNO5/c1-12(2)11-26-18-16(21)9-14(10-17(18)25-4)20(24)27-13(3)19(23)22-15-7-5-6-8-15/h9-10,12-13,15H,5-8,11H2,1-4H3,(H,22,23). The molecule has 0 heterocycles. The number of hydrogen-bond donors (Lipinski definition) is 1. The van der Waals surface area contributed by atoms with Crippen LogP contribution in [0.15, 0.2) is 12.1 Å². The number of carbonyl (C=O) groups excluding carboxylic acids is 2. The van der Waals surface area contributed by atoms with Crippen LogP contribution in [0.1, 0.15) is 56.8 Å². The Bertz CT molecular complexity index is 671. The van der Waals surface area contributed by atoms with Crippen molar-refractivity contribution in [1.82, 2.24) is 5.32 Å². The molecule has 1 N–H and O–H groups in total. The normalized spacial score (nSPS) is 15.5. The van der Waals surface area contributed by atoms with Gasteiger partial charge in [0.05, 0.1) is 24.3 Å². The zero-order chi connectivity index (χ0) is 20.0. The number of hydrogen-bond acceptors (Lipinski definition) is 5. The highest BCUT2D eigenvalue weighted by atomic mass is 35.5. The summed E-state index contributed by atoms with van der Waals surface area (Å²) in [6, 6.07) is 3.14. The van der Waals surface area contributed by atoms with E-state index in [4.69, 9.17) is 25.8 Å². The minimum Gasteiger partial charge on any atom is -0.493 e. The molecule has 1 aromatic rings. The summed E-state index contributed by atoms with van der Waals surface area (Å²) in [6.45, 7) is 6.06. The molecule has 1 atom stereocenters. The number of benzene rings is 1. The van der Waals surface area contributed by atoms with Crippen molar-refractivity contribution in [2.24, 2.45) is 5.92 Å². The Morgan fingerprint density at radius 2 is 1.89 bits per heavy atom. The Morgan fingerprint density at radius 3 is 2.48 bits per heavy atom. The van der Waals surface area contributed by atoms with Gasteiger partial charge < -0.3 is 19.5 Å². The molecular formula is C20H28ClNO5. The van der Waals surface area contributed by atoms with Gasteiger partial charge in [0, 0.05) is 6.04 Å². The largest absolute Gasteiger partial charge is 0.493 e. The van der Waals surface area contributed by atoms with Gasteiger partial charge in [0.2, 0.25) is 0 Å². The van der Waals surface area contributed by atoms with Crippen LogP contribution in [0.25, 0.3) is 0 Å². The molecule has 1 amide bonds. The molecule has 6 nitrogen and oxygen atoms in total.